The molecule has 2 N–H and O–H groups in total. The molecule has 0 rings (SSSR count). The maximum Gasteiger partial charge on any atom is 0.306 e. The van der Waals surface area contributed by atoms with Crippen molar-refractivity contribution in [3.8, 4) is 0 Å². The van der Waals surface area contributed by atoms with E-state index in [-0.39, 0.29) is 24.7 Å². The van der Waals surface area contributed by atoms with Gasteiger partial charge in [-0.05, 0) is 38.5 Å². The number of carbonyl (C=O) groups excluding carboxylic acids is 2. The van der Waals surface area contributed by atoms with Crippen LogP contribution in [0.5, 0.6) is 0 Å². The number of carbonyl (C=O) groups is 2. The Morgan fingerprint density at radius 3 is 1.39 bits per heavy atom. The number of aliphatic hydroxyl groups is 2. The molecule has 2 unspecified atom stereocenters. The summed E-state index contributed by atoms with van der Waals surface area (Å²) in [5, 5.41) is 18.5. The van der Waals surface area contributed by atoms with E-state index in [0.29, 0.717) is 6.42 Å². The van der Waals surface area contributed by atoms with Crippen molar-refractivity contribution in [2.45, 2.75) is 219 Å². The average Bonchev–Trinajstić information content (AvgIpc) is 3.06. The van der Waals surface area contributed by atoms with Crippen molar-refractivity contribution in [3.63, 3.8) is 0 Å². The first kappa shape index (κ1) is 44.8. The first-order valence-corrected chi connectivity index (χ1v) is 20.2. The van der Waals surface area contributed by atoms with Crippen LogP contribution in [0.25, 0.3) is 0 Å². The van der Waals surface area contributed by atoms with E-state index in [1.54, 1.807) is 0 Å². The Kier molecular flexibility index (Phi) is 35.7. The van der Waals surface area contributed by atoms with Crippen LogP contribution in [0.15, 0.2) is 12.2 Å². The Balaban J connectivity index is 4.06. The van der Waals surface area contributed by atoms with Crippen molar-refractivity contribution in [3.05, 3.63) is 12.2 Å². The number of rotatable bonds is 37. The third kappa shape index (κ3) is 32.7. The molecule has 0 aromatic carbocycles. The SMILES string of the molecule is CCCCCCCC/C=C\CCCCCC(CC(=O)OCC(O)CO)C(=O)CCCCCCCCCCCCCCCCCCC. The third-order valence-corrected chi connectivity index (χ3v) is 9.36. The Morgan fingerprint density at radius 2 is 0.957 bits per heavy atom. The molecule has 5 heteroatoms. The average molecular weight is 651 g/mol. The predicted molar refractivity (Wildman–Crippen MR) is 196 cm³/mol. The second-order valence-electron chi connectivity index (χ2n) is 14.0. The highest BCUT2D eigenvalue weighted by atomic mass is 16.5. The summed E-state index contributed by atoms with van der Waals surface area (Å²) in [4.78, 5) is 25.4. The Hall–Kier alpha value is -1.20. The van der Waals surface area contributed by atoms with E-state index in [1.165, 1.54) is 141 Å². The van der Waals surface area contributed by atoms with Crippen LogP contribution < -0.4 is 0 Å². The van der Waals surface area contributed by atoms with Crippen LogP contribution in [0.4, 0.5) is 0 Å². The van der Waals surface area contributed by atoms with Gasteiger partial charge in [0.2, 0.25) is 0 Å². The van der Waals surface area contributed by atoms with E-state index in [9.17, 15) is 14.7 Å². The molecule has 0 heterocycles. The van der Waals surface area contributed by atoms with Crippen LogP contribution in [0.3, 0.4) is 0 Å². The molecular formula is C41H78O5. The quantitative estimate of drug-likeness (QED) is 0.0397. The summed E-state index contributed by atoms with van der Waals surface area (Å²) in [6, 6.07) is 0. The predicted octanol–water partition coefficient (Wildman–Crippen LogP) is 11.8. The lowest BCUT2D eigenvalue weighted by atomic mass is 9.90. The summed E-state index contributed by atoms with van der Waals surface area (Å²) in [6.07, 6.45) is 40.7. The highest BCUT2D eigenvalue weighted by Crippen LogP contribution is 2.21. The van der Waals surface area contributed by atoms with Gasteiger partial charge in [-0.3, -0.25) is 9.59 Å². The van der Waals surface area contributed by atoms with Gasteiger partial charge in [0.1, 0.15) is 18.5 Å². The van der Waals surface area contributed by atoms with Crippen molar-refractivity contribution < 1.29 is 24.5 Å². The standard InChI is InChI=1S/C41H78O5/c1-3-5-7-9-11-13-15-17-18-19-20-22-24-26-28-30-32-34-40(44)38(35-41(45)46-37-39(43)36-42)33-31-29-27-25-23-21-16-14-12-10-8-6-4-2/h21,23,38-39,42-43H,3-20,22,24-37H2,1-2H3/b23-21-. The maximum absolute atomic E-state index is 13.1. The molecule has 0 aromatic rings. The van der Waals surface area contributed by atoms with Gasteiger partial charge in [0.05, 0.1) is 13.0 Å². The van der Waals surface area contributed by atoms with Gasteiger partial charge in [-0.15, -0.1) is 0 Å². The number of ketones is 1. The number of aliphatic hydroxyl groups excluding tert-OH is 2. The summed E-state index contributed by atoms with van der Waals surface area (Å²) < 4.78 is 5.12. The van der Waals surface area contributed by atoms with Gasteiger partial charge >= 0.3 is 5.97 Å². The number of allylic oxidation sites excluding steroid dienone is 2. The van der Waals surface area contributed by atoms with Gasteiger partial charge in [-0.1, -0.05) is 174 Å². The molecule has 0 aromatic heterocycles. The smallest absolute Gasteiger partial charge is 0.306 e. The van der Waals surface area contributed by atoms with Gasteiger partial charge in [0.25, 0.3) is 0 Å². The molecule has 0 amide bonds. The van der Waals surface area contributed by atoms with E-state index in [4.69, 9.17) is 9.84 Å². The minimum Gasteiger partial charge on any atom is -0.463 e. The highest BCUT2D eigenvalue weighted by Gasteiger charge is 2.22. The molecule has 0 saturated heterocycles. The molecule has 0 radical (unpaired) electrons. The van der Waals surface area contributed by atoms with Crippen molar-refractivity contribution in [2.24, 2.45) is 5.92 Å². The summed E-state index contributed by atoms with van der Waals surface area (Å²) in [6.45, 7) is 3.87. The molecule has 0 aliphatic heterocycles. The topological polar surface area (TPSA) is 83.8 Å². The van der Waals surface area contributed by atoms with Crippen molar-refractivity contribution >= 4 is 11.8 Å². The first-order chi connectivity index (χ1) is 22.5. The molecular weight excluding hydrogens is 572 g/mol. The molecule has 0 bridgehead atoms. The zero-order valence-corrected chi connectivity index (χ0v) is 30.8. The summed E-state index contributed by atoms with van der Waals surface area (Å²) in [5.41, 5.74) is 0. The molecule has 0 aliphatic rings. The molecule has 46 heavy (non-hydrogen) atoms. The van der Waals surface area contributed by atoms with Crippen LogP contribution in [0, 0.1) is 5.92 Å². The number of hydrogen-bond donors (Lipinski definition) is 2. The van der Waals surface area contributed by atoms with Gasteiger partial charge in [-0.25, -0.2) is 0 Å². The van der Waals surface area contributed by atoms with E-state index >= 15 is 0 Å². The minimum absolute atomic E-state index is 0.0775. The number of esters is 1. The lowest BCUT2D eigenvalue weighted by Crippen LogP contribution is -2.25. The van der Waals surface area contributed by atoms with Crippen LogP contribution in [-0.4, -0.2) is 41.3 Å². The fourth-order valence-corrected chi connectivity index (χ4v) is 6.21. The van der Waals surface area contributed by atoms with Gasteiger partial charge in [0.15, 0.2) is 0 Å². The van der Waals surface area contributed by atoms with Crippen LogP contribution >= 0.6 is 0 Å². The molecule has 0 fully saturated rings. The fraction of sp³-hybridized carbons (Fsp3) is 0.902. The summed E-state index contributed by atoms with van der Waals surface area (Å²) in [7, 11) is 0. The normalized spacial score (nSPS) is 13.0. The minimum atomic E-state index is -1.07. The van der Waals surface area contributed by atoms with Crippen molar-refractivity contribution in [1.29, 1.82) is 0 Å². The van der Waals surface area contributed by atoms with E-state index in [1.807, 2.05) is 0 Å². The molecule has 5 nitrogen and oxygen atoms in total. The third-order valence-electron chi connectivity index (χ3n) is 9.36. The summed E-state index contributed by atoms with van der Waals surface area (Å²) >= 11 is 0. The molecule has 0 aliphatic carbocycles. The first-order valence-electron chi connectivity index (χ1n) is 20.2. The zero-order chi connectivity index (χ0) is 33.8. The second-order valence-corrected chi connectivity index (χ2v) is 14.0. The summed E-state index contributed by atoms with van der Waals surface area (Å²) in [5.74, 6) is -0.576. The Morgan fingerprint density at radius 1 is 0.565 bits per heavy atom. The number of unbranched alkanes of at least 4 members (excludes halogenated alkanes) is 25. The Bertz CT molecular complexity index is 676. The van der Waals surface area contributed by atoms with Crippen molar-refractivity contribution in [1.82, 2.24) is 0 Å². The molecule has 2 atom stereocenters. The van der Waals surface area contributed by atoms with Crippen LogP contribution in [-0.2, 0) is 14.3 Å². The monoisotopic (exact) mass is 651 g/mol. The molecule has 0 saturated carbocycles. The Labute approximate surface area is 286 Å². The lowest BCUT2D eigenvalue weighted by molar-refractivity contribution is -0.150. The van der Waals surface area contributed by atoms with E-state index < -0.39 is 18.7 Å². The molecule has 272 valence electrons. The van der Waals surface area contributed by atoms with Gasteiger partial charge in [0, 0.05) is 12.3 Å². The van der Waals surface area contributed by atoms with E-state index in [2.05, 4.69) is 26.0 Å². The zero-order valence-electron chi connectivity index (χ0n) is 30.8. The number of ether oxygens (including phenoxy) is 1. The molecule has 0 spiro atoms. The lowest BCUT2D eigenvalue weighted by Gasteiger charge is -2.16. The maximum atomic E-state index is 13.1. The number of hydrogen-bond acceptors (Lipinski definition) is 5. The highest BCUT2D eigenvalue weighted by molar-refractivity contribution is 5.85. The van der Waals surface area contributed by atoms with Crippen LogP contribution in [0.1, 0.15) is 213 Å². The largest absolute Gasteiger partial charge is 0.463 e. The van der Waals surface area contributed by atoms with Crippen molar-refractivity contribution in [2.75, 3.05) is 13.2 Å². The number of Topliss-reactive ketones (excluding diaryl/α,β-unsaturated/α-hetero) is 1. The van der Waals surface area contributed by atoms with Crippen LogP contribution in [0.2, 0.25) is 0 Å². The second kappa shape index (κ2) is 36.6. The van der Waals surface area contributed by atoms with Gasteiger partial charge < -0.3 is 14.9 Å². The van der Waals surface area contributed by atoms with E-state index in [0.717, 1.165) is 44.9 Å². The fourth-order valence-electron chi connectivity index (χ4n) is 6.21. The van der Waals surface area contributed by atoms with Gasteiger partial charge in [-0.2, -0.15) is 0 Å².